The van der Waals surface area contributed by atoms with Gasteiger partial charge in [0.1, 0.15) is 5.69 Å². The summed E-state index contributed by atoms with van der Waals surface area (Å²) in [6.07, 6.45) is 19.7. The van der Waals surface area contributed by atoms with Gasteiger partial charge in [-0.15, -0.1) is 0 Å². The molecule has 2 unspecified atom stereocenters. The molecule has 3 aromatic rings. The molecule has 37 heavy (non-hydrogen) atoms. The fourth-order valence-corrected chi connectivity index (χ4v) is 7.58. The van der Waals surface area contributed by atoms with Gasteiger partial charge >= 0.3 is 0 Å². The van der Waals surface area contributed by atoms with Gasteiger partial charge in [-0.05, 0) is 62.8 Å². The van der Waals surface area contributed by atoms with Crippen molar-refractivity contribution in [2.24, 2.45) is 0 Å². The number of pyridine rings is 1. The van der Waals surface area contributed by atoms with Crippen molar-refractivity contribution < 1.29 is 0 Å². The number of hydrogen-bond donors (Lipinski definition) is 1. The van der Waals surface area contributed by atoms with Gasteiger partial charge < -0.3 is 9.55 Å². The molecule has 0 spiro atoms. The first-order valence-electron chi connectivity index (χ1n) is 14.7. The van der Waals surface area contributed by atoms with Gasteiger partial charge in [0.25, 0.3) is 11.1 Å². The first-order valence-corrected chi connectivity index (χ1v) is 14.7. The molecule has 2 atom stereocenters. The number of nitrogens with zero attached hydrogens (tertiary/aromatic N) is 3. The predicted octanol–water partition coefficient (Wildman–Crippen LogP) is 6.20. The monoisotopic (exact) mass is 500 g/mol. The predicted molar refractivity (Wildman–Crippen MR) is 149 cm³/mol. The van der Waals surface area contributed by atoms with Gasteiger partial charge in [0, 0.05) is 30.4 Å². The maximum absolute atomic E-state index is 14.0. The Morgan fingerprint density at radius 3 is 2.05 bits per heavy atom. The molecular formula is C31H40N4O2. The van der Waals surface area contributed by atoms with Crippen molar-refractivity contribution in [3.05, 3.63) is 63.3 Å². The fourth-order valence-electron chi connectivity index (χ4n) is 7.58. The Balaban J connectivity index is 1.36. The minimum Gasteiger partial charge on any atom is -0.329 e. The van der Waals surface area contributed by atoms with Gasteiger partial charge in [-0.1, -0.05) is 63.5 Å². The SMILES string of the molecule is O=c1[nH]cccc1-c1nc2ccccc2n(C2CC3CCCC(C2)N3C2CCCCCCCCC2)c1=O. The molecule has 3 fully saturated rings. The Labute approximate surface area is 219 Å². The molecule has 0 amide bonds. The molecule has 2 aromatic heterocycles. The molecule has 1 saturated carbocycles. The van der Waals surface area contributed by atoms with Crippen LogP contribution in [0.4, 0.5) is 0 Å². The van der Waals surface area contributed by atoms with E-state index < -0.39 is 0 Å². The number of hydrogen-bond acceptors (Lipinski definition) is 4. The first-order chi connectivity index (χ1) is 18.2. The molecule has 2 aliphatic heterocycles. The lowest BCUT2D eigenvalue weighted by atomic mass is 9.79. The van der Waals surface area contributed by atoms with E-state index in [0.717, 1.165) is 23.9 Å². The Hall–Kier alpha value is -2.73. The summed E-state index contributed by atoms with van der Waals surface area (Å²) in [5.41, 5.74) is 1.88. The molecular weight excluding hydrogens is 460 g/mol. The molecule has 0 radical (unpaired) electrons. The van der Waals surface area contributed by atoms with Crippen molar-refractivity contribution in [3.63, 3.8) is 0 Å². The van der Waals surface area contributed by atoms with Gasteiger partial charge in [-0.25, -0.2) is 4.98 Å². The van der Waals surface area contributed by atoms with Crippen molar-refractivity contribution in [1.29, 1.82) is 0 Å². The van der Waals surface area contributed by atoms with Gasteiger partial charge in [-0.3, -0.25) is 14.5 Å². The number of aromatic amines is 1. The molecule has 6 rings (SSSR count). The van der Waals surface area contributed by atoms with Gasteiger partial charge in [0.05, 0.1) is 16.6 Å². The second-order valence-electron chi connectivity index (χ2n) is 11.6. The first kappa shape index (κ1) is 24.6. The lowest BCUT2D eigenvalue weighted by molar-refractivity contribution is -0.0239. The van der Waals surface area contributed by atoms with Crippen LogP contribution in [-0.4, -0.2) is 37.6 Å². The van der Waals surface area contributed by atoms with E-state index in [-0.39, 0.29) is 22.9 Å². The van der Waals surface area contributed by atoms with Crippen LogP contribution in [0.25, 0.3) is 22.3 Å². The average Bonchev–Trinajstić information content (AvgIpc) is 2.91. The van der Waals surface area contributed by atoms with Crippen molar-refractivity contribution in [3.8, 4) is 11.3 Å². The van der Waals surface area contributed by atoms with Crippen molar-refractivity contribution in [2.45, 2.75) is 114 Å². The van der Waals surface area contributed by atoms with Crippen molar-refractivity contribution >= 4 is 11.0 Å². The topological polar surface area (TPSA) is 71.0 Å². The van der Waals surface area contributed by atoms with E-state index in [0.29, 0.717) is 23.7 Å². The summed E-state index contributed by atoms with van der Waals surface area (Å²) in [6.45, 7) is 0. The maximum atomic E-state index is 14.0. The van der Waals surface area contributed by atoms with Crippen LogP contribution in [-0.2, 0) is 0 Å². The Morgan fingerprint density at radius 2 is 1.35 bits per heavy atom. The third-order valence-corrected chi connectivity index (χ3v) is 9.24. The molecule has 6 heteroatoms. The second kappa shape index (κ2) is 10.9. The number of fused-ring (bicyclic) bond motifs is 3. The van der Waals surface area contributed by atoms with E-state index in [2.05, 4.69) is 9.88 Å². The summed E-state index contributed by atoms with van der Waals surface area (Å²) in [5, 5.41) is 0. The van der Waals surface area contributed by atoms with E-state index in [4.69, 9.17) is 4.98 Å². The highest BCUT2D eigenvalue weighted by molar-refractivity contribution is 5.77. The highest BCUT2D eigenvalue weighted by atomic mass is 16.1. The van der Waals surface area contributed by atoms with Crippen LogP contribution < -0.4 is 11.1 Å². The molecule has 4 heterocycles. The maximum Gasteiger partial charge on any atom is 0.278 e. The van der Waals surface area contributed by atoms with Crippen molar-refractivity contribution in [2.75, 3.05) is 0 Å². The zero-order chi connectivity index (χ0) is 25.2. The van der Waals surface area contributed by atoms with Gasteiger partial charge in [0.2, 0.25) is 0 Å². The lowest BCUT2D eigenvalue weighted by Gasteiger charge is -2.53. The average molecular weight is 501 g/mol. The van der Waals surface area contributed by atoms with Crippen LogP contribution in [0.1, 0.15) is 95.9 Å². The summed E-state index contributed by atoms with van der Waals surface area (Å²) < 4.78 is 2.00. The highest BCUT2D eigenvalue weighted by Gasteiger charge is 2.42. The third-order valence-electron chi connectivity index (χ3n) is 9.24. The van der Waals surface area contributed by atoms with Gasteiger partial charge in [0.15, 0.2) is 0 Å². The summed E-state index contributed by atoms with van der Waals surface area (Å²) in [6, 6.07) is 13.3. The smallest absolute Gasteiger partial charge is 0.278 e. The number of para-hydroxylation sites is 2. The number of H-pyrrole nitrogens is 1. The highest BCUT2D eigenvalue weighted by Crippen LogP contribution is 2.42. The van der Waals surface area contributed by atoms with E-state index in [1.165, 1.54) is 77.0 Å². The van der Waals surface area contributed by atoms with Crippen LogP contribution in [0.5, 0.6) is 0 Å². The quantitative estimate of drug-likeness (QED) is 0.465. The Kier molecular flexibility index (Phi) is 7.27. The van der Waals surface area contributed by atoms with Gasteiger partial charge in [-0.2, -0.15) is 0 Å². The Morgan fingerprint density at radius 1 is 0.703 bits per heavy atom. The van der Waals surface area contributed by atoms with Crippen LogP contribution in [0.15, 0.2) is 52.2 Å². The lowest BCUT2D eigenvalue weighted by Crippen LogP contribution is -2.57. The van der Waals surface area contributed by atoms with E-state index in [9.17, 15) is 9.59 Å². The number of piperidine rings is 2. The summed E-state index contributed by atoms with van der Waals surface area (Å²) in [5.74, 6) is 0. The van der Waals surface area contributed by atoms with Crippen LogP contribution in [0.2, 0.25) is 0 Å². The normalized spacial score (nSPS) is 26.2. The number of benzene rings is 1. The zero-order valence-electron chi connectivity index (χ0n) is 21.9. The second-order valence-corrected chi connectivity index (χ2v) is 11.6. The molecule has 2 bridgehead atoms. The Bertz CT molecular complexity index is 1320. The van der Waals surface area contributed by atoms with E-state index in [1.807, 2.05) is 28.8 Å². The zero-order valence-corrected chi connectivity index (χ0v) is 21.9. The fraction of sp³-hybridized carbons (Fsp3) is 0.581. The number of aromatic nitrogens is 3. The minimum absolute atomic E-state index is 0.132. The standard InChI is InChI=1S/C31H40N4O2/c36-30-26(16-11-19-32-30)29-31(37)35(28-18-9-8-17-27(28)33-29)25-20-23-14-10-15-24(21-25)34(23)22-12-6-4-2-1-3-5-7-13-22/h8-9,11,16-19,22-25H,1-7,10,12-15,20-21H2,(H,32,36). The van der Waals surface area contributed by atoms with Crippen LogP contribution in [0, 0.1) is 0 Å². The summed E-state index contributed by atoms with van der Waals surface area (Å²) in [4.78, 5) is 37.0. The van der Waals surface area contributed by atoms with E-state index in [1.54, 1.807) is 18.3 Å². The van der Waals surface area contributed by atoms with Crippen LogP contribution in [0.3, 0.4) is 0 Å². The summed E-state index contributed by atoms with van der Waals surface area (Å²) in [7, 11) is 0. The molecule has 3 aliphatic rings. The molecule has 1 N–H and O–H groups in total. The minimum atomic E-state index is -0.267. The van der Waals surface area contributed by atoms with E-state index >= 15 is 0 Å². The number of rotatable bonds is 3. The molecule has 2 saturated heterocycles. The van der Waals surface area contributed by atoms with Crippen LogP contribution >= 0.6 is 0 Å². The molecule has 196 valence electrons. The van der Waals surface area contributed by atoms with Crippen molar-refractivity contribution in [1.82, 2.24) is 19.4 Å². The molecule has 1 aliphatic carbocycles. The molecule has 6 nitrogen and oxygen atoms in total. The largest absolute Gasteiger partial charge is 0.329 e. The summed E-state index contributed by atoms with van der Waals surface area (Å²) >= 11 is 0. The third kappa shape index (κ3) is 4.93. The molecule has 1 aromatic carbocycles. The number of nitrogens with one attached hydrogen (secondary N) is 1.